The number of sulfonamides is 1. The van der Waals surface area contributed by atoms with E-state index in [4.69, 9.17) is 0 Å². The van der Waals surface area contributed by atoms with E-state index >= 15 is 0 Å². The Morgan fingerprint density at radius 3 is 2.83 bits per heavy atom. The van der Waals surface area contributed by atoms with Gasteiger partial charge < -0.3 is 4.57 Å². The maximum absolute atomic E-state index is 12.3. The molecule has 1 fully saturated rings. The molecule has 0 spiro atoms. The molecule has 7 nitrogen and oxygen atoms in total. The largest absolute Gasteiger partial charge is 0.337 e. The highest BCUT2D eigenvalue weighted by molar-refractivity contribution is 7.89. The van der Waals surface area contributed by atoms with Gasteiger partial charge in [-0.3, -0.25) is 0 Å². The van der Waals surface area contributed by atoms with Crippen LogP contribution in [0.3, 0.4) is 0 Å². The Kier molecular flexibility index (Phi) is 3.34. The van der Waals surface area contributed by atoms with Crippen LogP contribution in [0, 0.1) is 6.92 Å². The minimum Gasteiger partial charge on any atom is -0.337 e. The monoisotopic (exact) mass is 270 g/mol. The average Bonchev–Trinajstić information content (AvgIpc) is 2.88. The van der Waals surface area contributed by atoms with Gasteiger partial charge in [0.1, 0.15) is 12.0 Å². The first kappa shape index (κ1) is 12.9. The van der Waals surface area contributed by atoms with Crippen LogP contribution in [0.1, 0.15) is 18.7 Å². The first-order chi connectivity index (χ1) is 8.46. The Morgan fingerprint density at radius 1 is 1.56 bits per heavy atom. The second-order valence-electron chi connectivity index (χ2n) is 4.20. The fraction of sp³-hybridized carbons (Fsp3) is 0.600. The smallest absolute Gasteiger partial charge is 0.263 e. The predicted octanol–water partition coefficient (Wildman–Crippen LogP) is 0.175. The molecule has 0 radical (unpaired) electrons. The van der Waals surface area contributed by atoms with Gasteiger partial charge >= 0.3 is 0 Å². The van der Waals surface area contributed by atoms with Crippen molar-refractivity contribution in [3.05, 3.63) is 12.0 Å². The fourth-order valence-corrected chi connectivity index (χ4v) is 3.59. The number of isocyanates is 1. The number of hydrogen-bond donors (Lipinski definition) is 0. The molecule has 1 aliphatic rings. The molecule has 1 saturated heterocycles. The van der Waals surface area contributed by atoms with Crippen LogP contribution in [0.4, 0.5) is 0 Å². The van der Waals surface area contributed by atoms with Crippen LogP contribution in [0.25, 0.3) is 0 Å². The molecule has 0 N–H and O–H groups in total. The summed E-state index contributed by atoms with van der Waals surface area (Å²) in [4.78, 5) is 17.8. The molecule has 18 heavy (non-hydrogen) atoms. The minimum absolute atomic E-state index is 0.00417. The first-order valence-electron chi connectivity index (χ1n) is 5.55. The van der Waals surface area contributed by atoms with Crippen LogP contribution < -0.4 is 0 Å². The lowest BCUT2D eigenvalue weighted by atomic mass is 10.3. The molecule has 0 bridgehead atoms. The standard InChI is InChI=1S/C10H14N4O3S/c1-8-12-10(6-13(8)2)18(16,17)14-5-3-4-9(14)11-7-15/h6,9H,3-5H2,1-2H3. The van der Waals surface area contributed by atoms with E-state index in [1.807, 2.05) is 0 Å². The normalized spacial score (nSPS) is 20.9. The summed E-state index contributed by atoms with van der Waals surface area (Å²) in [5.41, 5.74) is 0. The summed E-state index contributed by atoms with van der Waals surface area (Å²) in [6, 6.07) is 0. The lowest BCUT2D eigenvalue weighted by molar-refractivity contribution is 0.394. The van der Waals surface area contributed by atoms with Crippen LogP contribution >= 0.6 is 0 Å². The molecule has 1 unspecified atom stereocenters. The highest BCUT2D eigenvalue weighted by Gasteiger charge is 2.36. The molecule has 1 aliphatic heterocycles. The van der Waals surface area contributed by atoms with Gasteiger partial charge in [-0.05, 0) is 19.8 Å². The lowest BCUT2D eigenvalue weighted by Gasteiger charge is -2.18. The van der Waals surface area contributed by atoms with Gasteiger partial charge in [0.25, 0.3) is 10.0 Å². The molecular weight excluding hydrogens is 256 g/mol. The molecule has 1 aromatic rings. The number of hydrogen-bond acceptors (Lipinski definition) is 5. The molecule has 0 aliphatic carbocycles. The SMILES string of the molecule is Cc1nc(S(=O)(=O)N2CCCC2N=C=O)cn1C. The van der Waals surface area contributed by atoms with E-state index in [0.29, 0.717) is 25.2 Å². The molecule has 1 atom stereocenters. The Morgan fingerprint density at radius 2 is 2.28 bits per heavy atom. The third kappa shape index (κ3) is 2.10. The van der Waals surface area contributed by atoms with E-state index < -0.39 is 16.2 Å². The summed E-state index contributed by atoms with van der Waals surface area (Å²) in [7, 11) is -1.95. The minimum atomic E-state index is -3.68. The van der Waals surface area contributed by atoms with Gasteiger partial charge in [-0.25, -0.2) is 18.2 Å². The summed E-state index contributed by atoms with van der Waals surface area (Å²) >= 11 is 0. The van der Waals surface area contributed by atoms with Crippen LogP contribution in [0.5, 0.6) is 0 Å². The van der Waals surface area contributed by atoms with Gasteiger partial charge in [-0.15, -0.1) is 0 Å². The third-order valence-corrected chi connectivity index (χ3v) is 4.80. The molecular formula is C10H14N4O3S. The van der Waals surface area contributed by atoms with Crippen molar-refractivity contribution in [1.29, 1.82) is 0 Å². The summed E-state index contributed by atoms with van der Waals surface area (Å²) in [6.45, 7) is 2.08. The second-order valence-corrected chi connectivity index (χ2v) is 6.03. The molecule has 0 saturated carbocycles. The van der Waals surface area contributed by atoms with Gasteiger partial charge in [0, 0.05) is 19.8 Å². The molecule has 98 valence electrons. The maximum atomic E-state index is 12.3. The average molecular weight is 270 g/mol. The van der Waals surface area contributed by atoms with Gasteiger partial charge in [-0.1, -0.05) is 0 Å². The zero-order valence-electron chi connectivity index (χ0n) is 10.2. The summed E-state index contributed by atoms with van der Waals surface area (Å²) in [5.74, 6) is 0.614. The summed E-state index contributed by atoms with van der Waals surface area (Å²) < 4.78 is 27.5. The van der Waals surface area contributed by atoms with Crippen LogP contribution in [0.15, 0.2) is 16.2 Å². The van der Waals surface area contributed by atoms with E-state index in [-0.39, 0.29) is 5.03 Å². The number of nitrogens with zero attached hydrogens (tertiary/aromatic N) is 4. The van der Waals surface area contributed by atoms with Crippen molar-refractivity contribution >= 4 is 16.1 Å². The molecule has 1 aromatic heterocycles. The zero-order chi connectivity index (χ0) is 13.3. The van der Waals surface area contributed by atoms with E-state index in [1.54, 1.807) is 18.5 Å². The van der Waals surface area contributed by atoms with Crippen molar-refractivity contribution in [2.75, 3.05) is 6.54 Å². The van der Waals surface area contributed by atoms with Crippen molar-refractivity contribution in [3.8, 4) is 0 Å². The van der Waals surface area contributed by atoms with Crippen LogP contribution in [0.2, 0.25) is 0 Å². The zero-order valence-corrected chi connectivity index (χ0v) is 11.0. The lowest BCUT2D eigenvalue weighted by Crippen LogP contribution is -2.34. The molecule has 0 amide bonds. The van der Waals surface area contributed by atoms with Gasteiger partial charge in [0.15, 0.2) is 5.03 Å². The Bertz CT molecular complexity index is 581. The number of carbonyl (C=O) groups excluding carboxylic acids is 1. The molecule has 2 heterocycles. The maximum Gasteiger partial charge on any atom is 0.263 e. The summed E-state index contributed by atoms with van der Waals surface area (Å²) in [6.07, 6.45) is 3.47. The van der Waals surface area contributed by atoms with Crippen molar-refractivity contribution in [3.63, 3.8) is 0 Å². The van der Waals surface area contributed by atoms with Crippen molar-refractivity contribution in [1.82, 2.24) is 13.9 Å². The topological polar surface area (TPSA) is 84.6 Å². The van der Waals surface area contributed by atoms with Crippen molar-refractivity contribution < 1.29 is 13.2 Å². The van der Waals surface area contributed by atoms with Gasteiger partial charge in [-0.2, -0.15) is 9.30 Å². The predicted molar refractivity (Wildman–Crippen MR) is 63.0 cm³/mol. The second kappa shape index (κ2) is 4.64. The number of imidazole rings is 1. The van der Waals surface area contributed by atoms with E-state index in [2.05, 4.69) is 9.98 Å². The van der Waals surface area contributed by atoms with Gasteiger partial charge in [0.05, 0.1) is 0 Å². The Balaban J connectivity index is 2.39. The number of aromatic nitrogens is 2. The summed E-state index contributed by atoms with van der Waals surface area (Å²) in [5, 5.41) is -0.00417. The van der Waals surface area contributed by atoms with E-state index in [0.717, 1.165) is 0 Å². The molecule has 8 heteroatoms. The number of rotatable bonds is 3. The first-order valence-corrected chi connectivity index (χ1v) is 6.99. The third-order valence-electron chi connectivity index (χ3n) is 3.03. The fourth-order valence-electron chi connectivity index (χ4n) is 1.96. The quantitative estimate of drug-likeness (QED) is 0.579. The van der Waals surface area contributed by atoms with Crippen molar-refractivity contribution in [2.24, 2.45) is 12.0 Å². The van der Waals surface area contributed by atoms with E-state index in [9.17, 15) is 13.2 Å². The van der Waals surface area contributed by atoms with Crippen LogP contribution in [-0.2, 0) is 21.9 Å². The highest BCUT2D eigenvalue weighted by atomic mass is 32.2. The highest BCUT2D eigenvalue weighted by Crippen LogP contribution is 2.25. The number of aliphatic imine (C=N–C) groups is 1. The Hall–Kier alpha value is -1.50. The van der Waals surface area contributed by atoms with E-state index in [1.165, 1.54) is 16.6 Å². The van der Waals surface area contributed by atoms with Gasteiger partial charge in [0.2, 0.25) is 6.08 Å². The molecule has 2 rings (SSSR count). The Labute approximate surface area is 105 Å². The number of aryl methyl sites for hydroxylation is 2. The van der Waals surface area contributed by atoms with Crippen molar-refractivity contribution in [2.45, 2.75) is 31.0 Å². The van der Waals surface area contributed by atoms with Crippen LogP contribution in [-0.4, -0.2) is 41.1 Å². The molecule has 0 aromatic carbocycles.